The molecule has 4 rings (SSSR count). The summed E-state index contributed by atoms with van der Waals surface area (Å²) in [7, 11) is 5.86. The van der Waals surface area contributed by atoms with E-state index < -0.39 is 0 Å². The Balaban J connectivity index is 1.46. The minimum absolute atomic E-state index is 0.0430. The van der Waals surface area contributed by atoms with Gasteiger partial charge in [-0.2, -0.15) is 0 Å². The van der Waals surface area contributed by atoms with Crippen molar-refractivity contribution in [3.8, 4) is 11.4 Å². The summed E-state index contributed by atoms with van der Waals surface area (Å²) in [6.07, 6.45) is 3.49. The van der Waals surface area contributed by atoms with E-state index in [9.17, 15) is 4.79 Å². The van der Waals surface area contributed by atoms with Gasteiger partial charge in [-0.25, -0.2) is 0 Å². The van der Waals surface area contributed by atoms with Crippen molar-refractivity contribution in [3.63, 3.8) is 0 Å². The summed E-state index contributed by atoms with van der Waals surface area (Å²) in [6.45, 7) is 1.18. The molecule has 0 unspecified atom stereocenters. The second kappa shape index (κ2) is 11.0. The van der Waals surface area contributed by atoms with Crippen LogP contribution in [0.15, 0.2) is 84.3 Å². The summed E-state index contributed by atoms with van der Waals surface area (Å²) in [5.74, 6) is 1.09. The first kappa shape index (κ1) is 23.5. The number of hydrogen-bond acceptors (Lipinski definition) is 6. The highest BCUT2D eigenvalue weighted by atomic mass is 32.2. The summed E-state index contributed by atoms with van der Waals surface area (Å²) in [5.41, 5.74) is 4.31. The molecule has 0 spiro atoms. The fourth-order valence-corrected chi connectivity index (χ4v) is 4.39. The average molecular weight is 473 g/mol. The minimum atomic E-state index is 0.0430. The SMILES string of the molecule is CN(Cc1ccc(N(C)C)cc1)C(=O)CSc1nnc(-c2ccncc2)n1Cc1ccccc1. The first-order chi connectivity index (χ1) is 16.5. The van der Waals surface area contributed by atoms with Gasteiger partial charge in [0.1, 0.15) is 0 Å². The van der Waals surface area contributed by atoms with E-state index >= 15 is 0 Å². The molecule has 0 saturated heterocycles. The van der Waals surface area contributed by atoms with Gasteiger partial charge in [-0.05, 0) is 35.4 Å². The molecule has 2 heterocycles. The number of carbonyl (C=O) groups excluding carboxylic acids is 1. The highest BCUT2D eigenvalue weighted by Crippen LogP contribution is 2.25. The average Bonchev–Trinajstić information content (AvgIpc) is 3.26. The molecule has 0 aliphatic carbocycles. The van der Waals surface area contributed by atoms with E-state index in [1.54, 1.807) is 17.3 Å². The van der Waals surface area contributed by atoms with Crippen LogP contribution in [0.1, 0.15) is 11.1 Å². The van der Waals surface area contributed by atoms with E-state index in [-0.39, 0.29) is 11.7 Å². The predicted octanol–water partition coefficient (Wildman–Crippen LogP) is 4.21. The summed E-state index contributed by atoms with van der Waals surface area (Å²) in [6, 6.07) is 22.3. The zero-order valence-electron chi connectivity index (χ0n) is 19.6. The van der Waals surface area contributed by atoms with Crippen molar-refractivity contribution in [1.29, 1.82) is 0 Å². The maximum absolute atomic E-state index is 12.9. The van der Waals surface area contributed by atoms with Crippen LogP contribution in [0.4, 0.5) is 5.69 Å². The summed E-state index contributed by atoms with van der Waals surface area (Å²) in [5, 5.41) is 9.56. The first-order valence-corrected chi connectivity index (χ1v) is 12.0. The Kier molecular flexibility index (Phi) is 7.59. The van der Waals surface area contributed by atoms with Gasteiger partial charge in [0.2, 0.25) is 5.91 Å². The fourth-order valence-electron chi connectivity index (χ4n) is 3.52. The van der Waals surface area contributed by atoms with E-state index in [0.29, 0.717) is 18.2 Å². The van der Waals surface area contributed by atoms with E-state index in [1.807, 2.05) is 51.5 Å². The number of thioether (sulfide) groups is 1. The summed E-state index contributed by atoms with van der Waals surface area (Å²) < 4.78 is 2.06. The van der Waals surface area contributed by atoms with Gasteiger partial charge in [0.25, 0.3) is 0 Å². The standard InChI is InChI=1S/C26H28N6OS/c1-30(2)23-11-9-21(10-12-23)17-31(3)24(33)19-34-26-29-28-25(22-13-15-27-16-14-22)32(26)18-20-7-5-4-6-8-20/h4-16H,17-19H2,1-3H3. The van der Waals surface area contributed by atoms with Gasteiger partial charge in [-0.15, -0.1) is 10.2 Å². The van der Waals surface area contributed by atoms with Crippen LogP contribution in [-0.2, 0) is 17.9 Å². The predicted molar refractivity (Wildman–Crippen MR) is 137 cm³/mol. The van der Waals surface area contributed by atoms with Crippen LogP contribution in [0.25, 0.3) is 11.4 Å². The van der Waals surface area contributed by atoms with Gasteiger partial charge < -0.3 is 9.80 Å². The van der Waals surface area contributed by atoms with Crippen LogP contribution in [-0.4, -0.2) is 57.5 Å². The lowest BCUT2D eigenvalue weighted by molar-refractivity contribution is -0.127. The molecule has 0 saturated carbocycles. The summed E-state index contributed by atoms with van der Waals surface area (Å²) >= 11 is 1.41. The second-order valence-electron chi connectivity index (χ2n) is 8.21. The lowest BCUT2D eigenvalue weighted by Gasteiger charge is -2.18. The Labute approximate surface area is 204 Å². The van der Waals surface area contributed by atoms with Crippen LogP contribution in [0.5, 0.6) is 0 Å². The van der Waals surface area contributed by atoms with Crippen LogP contribution >= 0.6 is 11.8 Å². The largest absolute Gasteiger partial charge is 0.378 e. The Morgan fingerprint density at radius 3 is 2.26 bits per heavy atom. The smallest absolute Gasteiger partial charge is 0.233 e. The fraction of sp³-hybridized carbons (Fsp3) is 0.231. The molecule has 34 heavy (non-hydrogen) atoms. The van der Waals surface area contributed by atoms with E-state index in [1.165, 1.54) is 11.8 Å². The van der Waals surface area contributed by atoms with Gasteiger partial charge in [-0.3, -0.25) is 14.3 Å². The number of nitrogens with zero attached hydrogens (tertiary/aromatic N) is 6. The maximum atomic E-state index is 12.9. The number of pyridine rings is 1. The second-order valence-corrected chi connectivity index (χ2v) is 9.16. The van der Waals surface area contributed by atoms with Crippen molar-refractivity contribution in [2.45, 2.75) is 18.2 Å². The van der Waals surface area contributed by atoms with Crippen molar-refractivity contribution in [1.82, 2.24) is 24.6 Å². The molecule has 2 aromatic carbocycles. The molecule has 0 fully saturated rings. The number of carbonyl (C=O) groups is 1. The molecule has 4 aromatic rings. The highest BCUT2D eigenvalue weighted by molar-refractivity contribution is 7.99. The molecule has 2 aromatic heterocycles. The van der Waals surface area contributed by atoms with Crippen molar-refractivity contribution in [3.05, 3.63) is 90.3 Å². The Hall–Kier alpha value is -3.65. The third kappa shape index (κ3) is 5.82. The Morgan fingerprint density at radius 2 is 1.59 bits per heavy atom. The van der Waals surface area contributed by atoms with Gasteiger partial charge in [0.15, 0.2) is 11.0 Å². The van der Waals surface area contributed by atoms with Crippen LogP contribution < -0.4 is 4.90 Å². The monoisotopic (exact) mass is 472 g/mol. The molecule has 0 aliphatic heterocycles. The van der Waals surface area contributed by atoms with Gasteiger partial charge in [0, 0.05) is 51.3 Å². The number of rotatable bonds is 9. The van der Waals surface area contributed by atoms with E-state index in [2.05, 4.69) is 61.0 Å². The first-order valence-electron chi connectivity index (χ1n) is 11.0. The van der Waals surface area contributed by atoms with Gasteiger partial charge in [-0.1, -0.05) is 54.2 Å². The quantitative estimate of drug-likeness (QED) is 0.340. The number of hydrogen-bond donors (Lipinski definition) is 0. The number of anilines is 1. The molecule has 0 aliphatic rings. The molecule has 1 amide bonds. The van der Waals surface area contributed by atoms with Gasteiger partial charge in [0.05, 0.1) is 12.3 Å². The zero-order valence-corrected chi connectivity index (χ0v) is 20.4. The number of benzene rings is 2. The molecule has 0 atom stereocenters. The van der Waals surface area contributed by atoms with Crippen LogP contribution in [0, 0.1) is 0 Å². The molecule has 7 nitrogen and oxygen atoms in total. The van der Waals surface area contributed by atoms with E-state index in [4.69, 9.17) is 0 Å². The van der Waals surface area contributed by atoms with E-state index in [0.717, 1.165) is 28.2 Å². The zero-order chi connectivity index (χ0) is 23.9. The maximum Gasteiger partial charge on any atom is 0.233 e. The molecule has 0 radical (unpaired) electrons. The lowest BCUT2D eigenvalue weighted by atomic mass is 10.2. The molecular weight excluding hydrogens is 444 g/mol. The molecule has 0 bridgehead atoms. The van der Waals surface area contributed by atoms with Crippen molar-refractivity contribution >= 4 is 23.4 Å². The lowest BCUT2D eigenvalue weighted by Crippen LogP contribution is -2.28. The number of aromatic nitrogens is 4. The van der Waals surface area contributed by atoms with Gasteiger partial charge >= 0.3 is 0 Å². The topological polar surface area (TPSA) is 67.2 Å². The Morgan fingerprint density at radius 1 is 0.882 bits per heavy atom. The van der Waals surface area contributed by atoms with Crippen LogP contribution in [0.3, 0.4) is 0 Å². The molecular formula is C26H28N6OS. The third-order valence-electron chi connectivity index (χ3n) is 5.46. The molecule has 174 valence electrons. The normalized spacial score (nSPS) is 10.8. The van der Waals surface area contributed by atoms with Crippen molar-refractivity contribution in [2.24, 2.45) is 0 Å². The van der Waals surface area contributed by atoms with Crippen LogP contribution in [0.2, 0.25) is 0 Å². The third-order valence-corrected chi connectivity index (χ3v) is 6.41. The van der Waals surface area contributed by atoms with Crippen molar-refractivity contribution in [2.75, 3.05) is 31.8 Å². The summed E-state index contributed by atoms with van der Waals surface area (Å²) in [4.78, 5) is 20.8. The Bertz CT molecular complexity index is 1210. The highest BCUT2D eigenvalue weighted by Gasteiger charge is 2.17. The molecule has 0 N–H and O–H groups in total. The number of amides is 1. The van der Waals surface area contributed by atoms with Crippen molar-refractivity contribution < 1.29 is 4.79 Å². The minimum Gasteiger partial charge on any atom is -0.378 e. The molecule has 8 heteroatoms.